The van der Waals surface area contributed by atoms with Gasteiger partial charge in [0, 0.05) is 38.3 Å². The van der Waals surface area contributed by atoms with Crippen LogP contribution in [0, 0.1) is 0 Å². The summed E-state index contributed by atoms with van der Waals surface area (Å²) in [6.07, 6.45) is 4.00. The van der Waals surface area contributed by atoms with Crippen molar-refractivity contribution in [2.45, 2.75) is 13.8 Å². The first-order valence-electron chi connectivity index (χ1n) is 14.5. The van der Waals surface area contributed by atoms with Gasteiger partial charge in [-0.2, -0.15) is 0 Å². The van der Waals surface area contributed by atoms with E-state index in [1.165, 1.54) is 71.6 Å². The Morgan fingerprint density at radius 1 is 0.429 bits per heavy atom. The molecular weight excluding hydrogens is 508 g/mol. The second-order valence-electron chi connectivity index (χ2n) is 10.6. The minimum absolute atomic E-state index is 1.17. The zero-order valence-corrected chi connectivity index (χ0v) is 23.9. The topological polar surface area (TPSA) is 20.7 Å². The quantitative estimate of drug-likeness (QED) is 0.215. The van der Waals surface area contributed by atoms with Gasteiger partial charge in [0.05, 0.1) is 11.0 Å². The molecule has 0 bridgehead atoms. The molecule has 0 atom stereocenters. The summed E-state index contributed by atoms with van der Waals surface area (Å²) in [6, 6.07) is 50.3. The molecule has 0 spiro atoms. The maximum absolute atomic E-state index is 3.54. The van der Waals surface area contributed by atoms with Gasteiger partial charge >= 0.3 is 0 Å². The van der Waals surface area contributed by atoms with Gasteiger partial charge in [-0.25, -0.2) is 0 Å². The first-order chi connectivity index (χ1) is 20.7. The molecule has 1 N–H and O–H groups in total. The Labute approximate surface area is 246 Å². The first kappa shape index (κ1) is 25.6. The van der Waals surface area contributed by atoms with Crippen molar-refractivity contribution in [2.24, 2.45) is 0 Å². The molecule has 8 aromatic rings. The Kier molecular flexibility index (Phi) is 6.65. The van der Waals surface area contributed by atoms with Crippen LogP contribution in [0.25, 0.3) is 71.6 Å². The zero-order chi connectivity index (χ0) is 28.5. The van der Waals surface area contributed by atoms with Gasteiger partial charge in [-0.05, 0) is 84.6 Å². The number of allylic oxidation sites excluding steroid dienone is 2. The number of hydrogen-bond donors (Lipinski definition) is 1. The molecule has 2 heterocycles. The lowest BCUT2D eigenvalue weighted by molar-refractivity contribution is 1.18. The number of fused-ring (bicyclic) bond motifs is 6. The van der Waals surface area contributed by atoms with Crippen LogP contribution in [0.2, 0.25) is 0 Å². The Balaban J connectivity index is 0.000000680. The highest BCUT2D eigenvalue weighted by Crippen LogP contribution is 2.36. The number of para-hydroxylation sites is 2. The summed E-state index contributed by atoms with van der Waals surface area (Å²) >= 11 is 0. The van der Waals surface area contributed by atoms with Crippen LogP contribution in [-0.4, -0.2) is 9.55 Å². The molecule has 0 amide bonds. The summed E-state index contributed by atoms with van der Waals surface area (Å²) in [7, 11) is 0. The number of nitrogens with one attached hydrogen (secondary N) is 1. The van der Waals surface area contributed by atoms with E-state index in [0.29, 0.717) is 0 Å². The van der Waals surface area contributed by atoms with Crippen molar-refractivity contribution in [3.8, 4) is 27.9 Å². The van der Waals surface area contributed by atoms with E-state index in [9.17, 15) is 0 Å². The van der Waals surface area contributed by atoms with Gasteiger partial charge in [0.15, 0.2) is 0 Å². The monoisotopic (exact) mass is 540 g/mol. The fraction of sp³-hybridized carbons (Fsp3) is 0.0500. The van der Waals surface area contributed by atoms with E-state index in [4.69, 9.17) is 0 Å². The van der Waals surface area contributed by atoms with Crippen LogP contribution in [0.5, 0.6) is 0 Å². The van der Waals surface area contributed by atoms with E-state index in [-0.39, 0.29) is 0 Å². The summed E-state index contributed by atoms with van der Waals surface area (Å²) in [5.74, 6) is 0. The summed E-state index contributed by atoms with van der Waals surface area (Å²) in [4.78, 5) is 3.54. The Morgan fingerprint density at radius 3 is 1.74 bits per heavy atom. The highest BCUT2D eigenvalue weighted by atomic mass is 15.0. The fourth-order valence-corrected chi connectivity index (χ4v) is 5.89. The predicted molar refractivity (Wildman–Crippen MR) is 182 cm³/mol. The third-order valence-electron chi connectivity index (χ3n) is 8.08. The normalized spacial score (nSPS) is 11.5. The smallest absolute Gasteiger partial charge is 0.0541 e. The van der Waals surface area contributed by atoms with Crippen molar-refractivity contribution in [1.29, 1.82) is 0 Å². The number of hydrogen-bond acceptors (Lipinski definition) is 0. The molecule has 8 rings (SSSR count). The van der Waals surface area contributed by atoms with Gasteiger partial charge < -0.3 is 9.55 Å². The van der Waals surface area contributed by atoms with E-state index >= 15 is 0 Å². The largest absolute Gasteiger partial charge is 0.355 e. The van der Waals surface area contributed by atoms with Crippen molar-refractivity contribution < 1.29 is 0 Å². The van der Waals surface area contributed by atoms with Gasteiger partial charge in [0.2, 0.25) is 0 Å². The van der Waals surface area contributed by atoms with E-state index in [1.54, 1.807) is 0 Å². The van der Waals surface area contributed by atoms with Crippen molar-refractivity contribution >= 4 is 43.6 Å². The molecule has 0 aliphatic carbocycles. The average molecular weight is 541 g/mol. The molecule has 6 aromatic carbocycles. The Bertz CT molecular complexity index is 2190. The van der Waals surface area contributed by atoms with Crippen LogP contribution >= 0.6 is 0 Å². The number of benzene rings is 6. The molecule has 0 aliphatic heterocycles. The highest BCUT2D eigenvalue weighted by Gasteiger charge is 2.14. The van der Waals surface area contributed by atoms with Crippen LogP contribution in [0.3, 0.4) is 0 Å². The van der Waals surface area contributed by atoms with E-state index < -0.39 is 0 Å². The molecule has 0 saturated carbocycles. The summed E-state index contributed by atoms with van der Waals surface area (Å²) in [5.41, 5.74) is 10.9. The van der Waals surface area contributed by atoms with Crippen molar-refractivity contribution in [3.63, 3.8) is 0 Å². The Morgan fingerprint density at radius 2 is 0.976 bits per heavy atom. The average Bonchev–Trinajstić information content (AvgIpc) is 3.60. The lowest BCUT2D eigenvalue weighted by atomic mass is 10.0. The predicted octanol–water partition coefficient (Wildman–Crippen LogP) is 11.3. The zero-order valence-electron chi connectivity index (χ0n) is 23.9. The van der Waals surface area contributed by atoms with E-state index in [1.807, 2.05) is 26.0 Å². The lowest BCUT2D eigenvalue weighted by Crippen LogP contribution is -1.93. The molecular formula is C40H32N2. The van der Waals surface area contributed by atoms with Crippen molar-refractivity contribution in [2.75, 3.05) is 0 Å². The number of nitrogens with zero attached hydrogens (tertiary/aromatic N) is 1. The molecule has 2 aromatic heterocycles. The molecule has 202 valence electrons. The van der Waals surface area contributed by atoms with Crippen LogP contribution in [0.1, 0.15) is 13.8 Å². The van der Waals surface area contributed by atoms with Crippen molar-refractivity contribution in [1.82, 2.24) is 9.55 Å². The molecule has 0 unspecified atom stereocenters. The lowest BCUT2D eigenvalue weighted by Gasteiger charge is -2.10. The van der Waals surface area contributed by atoms with Gasteiger partial charge in [-0.15, -0.1) is 0 Å². The van der Waals surface area contributed by atoms with Crippen molar-refractivity contribution in [3.05, 3.63) is 152 Å². The molecule has 0 aliphatic rings. The second-order valence-corrected chi connectivity index (χ2v) is 10.6. The van der Waals surface area contributed by atoms with Gasteiger partial charge in [0.1, 0.15) is 0 Å². The maximum Gasteiger partial charge on any atom is 0.0541 e. The van der Waals surface area contributed by atoms with Gasteiger partial charge in [-0.3, -0.25) is 0 Å². The van der Waals surface area contributed by atoms with Crippen LogP contribution in [0.15, 0.2) is 152 Å². The van der Waals surface area contributed by atoms with Crippen LogP contribution in [-0.2, 0) is 0 Å². The number of aromatic amines is 1. The highest BCUT2D eigenvalue weighted by molar-refractivity contribution is 6.11. The van der Waals surface area contributed by atoms with Crippen LogP contribution in [0.4, 0.5) is 0 Å². The summed E-state index contributed by atoms with van der Waals surface area (Å²) < 4.78 is 2.38. The standard InChI is InChI=1S/C36H24N2.C4H8/c1-2-8-24(9-3-1)25-14-18-28(19-15-25)38-35-13-7-5-11-30(35)32-23-27(17-21-36(32)38)26-16-20-34-31(22-26)29-10-4-6-12-33(29)37-34;1-3-4-2/h1-23,37H;3-4H,1-2H3/b;4-3-. The molecule has 42 heavy (non-hydrogen) atoms. The maximum atomic E-state index is 3.54. The third-order valence-corrected chi connectivity index (χ3v) is 8.08. The third kappa shape index (κ3) is 4.48. The summed E-state index contributed by atoms with van der Waals surface area (Å²) in [5, 5.41) is 5.06. The van der Waals surface area contributed by atoms with Gasteiger partial charge in [-0.1, -0.05) is 103 Å². The molecule has 2 nitrogen and oxygen atoms in total. The minimum atomic E-state index is 1.17. The Hall–Kier alpha value is -5.34. The number of aromatic nitrogens is 2. The second kappa shape index (κ2) is 10.9. The minimum Gasteiger partial charge on any atom is -0.355 e. The molecule has 0 saturated heterocycles. The summed E-state index contributed by atoms with van der Waals surface area (Å²) in [6.45, 7) is 4.00. The molecule has 0 radical (unpaired) electrons. The molecule has 2 heteroatoms. The van der Waals surface area contributed by atoms with E-state index in [2.05, 4.69) is 149 Å². The number of rotatable bonds is 3. The van der Waals surface area contributed by atoms with Gasteiger partial charge in [0.25, 0.3) is 0 Å². The SMILES string of the molecule is C/C=C\C.c1ccc(-c2ccc(-n3c4ccccc4c4cc(-c5ccc6[nH]c7ccccc7c6c5)ccc43)cc2)cc1. The first-order valence-corrected chi connectivity index (χ1v) is 14.5. The van der Waals surface area contributed by atoms with Crippen LogP contribution < -0.4 is 0 Å². The van der Waals surface area contributed by atoms with E-state index in [0.717, 1.165) is 0 Å². The molecule has 0 fully saturated rings. The fourth-order valence-electron chi connectivity index (χ4n) is 5.89. The number of H-pyrrole nitrogens is 1.